The summed E-state index contributed by atoms with van der Waals surface area (Å²) in [6.45, 7) is 0.292. The molecular weight excluding hydrogens is 314 g/mol. The number of imidazole rings is 1. The van der Waals surface area contributed by atoms with Gasteiger partial charge in [-0.2, -0.15) is 0 Å². The Morgan fingerprint density at radius 3 is 2.88 bits per heavy atom. The molecule has 2 fully saturated rings. The Morgan fingerprint density at radius 2 is 2.25 bits per heavy atom. The van der Waals surface area contributed by atoms with Gasteiger partial charge in [-0.3, -0.25) is 4.79 Å². The molecule has 8 heteroatoms. The van der Waals surface area contributed by atoms with E-state index in [2.05, 4.69) is 4.98 Å². The molecule has 1 aromatic rings. The van der Waals surface area contributed by atoms with E-state index >= 15 is 0 Å². The van der Waals surface area contributed by atoms with Gasteiger partial charge in [-0.1, -0.05) is 0 Å². The van der Waals surface area contributed by atoms with Gasteiger partial charge in [-0.15, -0.1) is 0 Å². The summed E-state index contributed by atoms with van der Waals surface area (Å²) < 4.78 is 13.0. The van der Waals surface area contributed by atoms with E-state index in [-0.39, 0.29) is 30.3 Å². The molecule has 1 aromatic heterocycles. The number of fused-ring (bicyclic) bond motifs is 1. The Hall–Kier alpha value is -1.93. The molecule has 2 heterocycles. The zero-order valence-corrected chi connectivity index (χ0v) is 14.0. The van der Waals surface area contributed by atoms with Gasteiger partial charge in [0.25, 0.3) is 5.91 Å². The molecular formula is C16H23N3O5. The molecule has 1 saturated heterocycles. The normalized spacial score (nSPS) is 29.5. The topological polar surface area (TPSA) is 93.9 Å². The number of likely N-dealkylation sites (tertiary alicyclic amines) is 1. The van der Waals surface area contributed by atoms with Gasteiger partial charge in [0, 0.05) is 33.1 Å². The Labute approximate surface area is 140 Å². The quantitative estimate of drug-likeness (QED) is 0.849. The third kappa shape index (κ3) is 2.91. The fraction of sp³-hybridized carbons (Fsp3) is 0.688. The van der Waals surface area contributed by atoms with E-state index in [0.29, 0.717) is 18.8 Å². The Bertz CT molecular complexity index is 631. The summed E-state index contributed by atoms with van der Waals surface area (Å²) >= 11 is 0. The van der Waals surface area contributed by atoms with E-state index in [1.54, 1.807) is 31.1 Å². The van der Waals surface area contributed by atoms with Crippen LogP contribution in [0.4, 0.5) is 0 Å². The maximum absolute atomic E-state index is 12.9. The third-order valence-corrected chi connectivity index (χ3v) is 5.26. The van der Waals surface area contributed by atoms with Crippen molar-refractivity contribution in [3.63, 3.8) is 0 Å². The van der Waals surface area contributed by atoms with Crippen LogP contribution in [0.1, 0.15) is 36.3 Å². The molecule has 1 saturated carbocycles. The molecule has 3 atom stereocenters. The van der Waals surface area contributed by atoms with Crippen LogP contribution >= 0.6 is 0 Å². The number of methoxy groups -OCH3 is 1. The smallest absolute Gasteiger partial charge is 0.329 e. The molecule has 0 aromatic carbocycles. The van der Waals surface area contributed by atoms with Gasteiger partial charge in [0.2, 0.25) is 0 Å². The van der Waals surface area contributed by atoms with Crippen molar-refractivity contribution in [3.05, 3.63) is 18.2 Å². The summed E-state index contributed by atoms with van der Waals surface area (Å²) in [5, 5.41) is 8.80. The van der Waals surface area contributed by atoms with Crippen LogP contribution in [0.5, 0.6) is 0 Å². The minimum atomic E-state index is -0.981. The molecule has 1 aliphatic heterocycles. The number of carbonyl (C=O) groups excluding carboxylic acids is 1. The van der Waals surface area contributed by atoms with Crippen LogP contribution in [0.2, 0.25) is 0 Å². The van der Waals surface area contributed by atoms with Crippen molar-refractivity contribution in [2.75, 3.05) is 20.3 Å². The Kier molecular flexibility index (Phi) is 4.60. The molecule has 1 N–H and O–H groups in total. The highest BCUT2D eigenvalue weighted by Gasteiger charge is 2.53. The summed E-state index contributed by atoms with van der Waals surface area (Å²) in [5.41, 5.74) is -0.371. The van der Waals surface area contributed by atoms with Crippen LogP contribution in [0.25, 0.3) is 0 Å². The van der Waals surface area contributed by atoms with Crippen molar-refractivity contribution < 1.29 is 24.2 Å². The van der Waals surface area contributed by atoms with Gasteiger partial charge in [0.05, 0.1) is 17.7 Å². The summed E-state index contributed by atoms with van der Waals surface area (Å²) in [4.78, 5) is 29.6. The first-order chi connectivity index (χ1) is 11.5. The fourth-order valence-electron chi connectivity index (χ4n) is 3.95. The van der Waals surface area contributed by atoms with Gasteiger partial charge >= 0.3 is 5.97 Å². The summed E-state index contributed by atoms with van der Waals surface area (Å²) in [6.07, 6.45) is 6.01. The largest absolute Gasteiger partial charge is 0.480 e. The van der Waals surface area contributed by atoms with Crippen LogP contribution in [0, 0.1) is 0 Å². The lowest BCUT2D eigenvalue weighted by atomic mass is 9.79. The maximum Gasteiger partial charge on any atom is 0.329 e. The predicted molar refractivity (Wildman–Crippen MR) is 83.6 cm³/mol. The number of carboxylic acid groups (broad SMARTS) is 1. The lowest BCUT2D eigenvalue weighted by Gasteiger charge is -2.43. The molecule has 0 unspecified atom stereocenters. The molecule has 24 heavy (non-hydrogen) atoms. The number of hydrogen-bond donors (Lipinski definition) is 1. The molecule has 3 rings (SSSR count). The second-order valence-corrected chi connectivity index (χ2v) is 6.50. The highest BCUT2D eigenvalue weighted by molar-refractivity contribution is 5.91. The minimum absolute atomic E-state index is 0.120. The summed E-state index contributed by atoms with van der Waals surface area (Å²) in [5.74, 6) is -0.702. The first-order valence-electron chi connectivity index (χ1n) is 8.13. The number of aliphatic carboxylic acids is 1. The molecule has 0 radical (unpaired) electrons. The van der Waals surface area contributed by atoms with E-state index in [4.69, 9.17) is 14.6 Å². The molecule has 0 spiro atoms. The number of carboxylic acids is 1. The third-order valence-electron chi connectivity index (χ3n) is 5.26. The molecule has 0 bridgehead atoms. The number of carbonyl (C=O) groups is 2. The first kappa shape index (κ1) is 16.9. The van der Waals surface area contributed by atoms with Gasteiger partial charge in [-0.25, -0.2) is 9.78 Å². The fourth-order valence-corrected chi connectivity index (χ4v) is 3.95. The van der Waals surface area contributed by atoms with Crippen molar-refractivity contribution in [3.8, 4) is 0 Å². The maximum atomic E-state index is 12.9. The summed E-state index contributed by atoms with van der Waals surface area (Å²) in [6, 6.07) is -0.126. The number of nitrogens with zero attached hydrogens (tertiary/aromatic N) is 3. The Morgan fingerprint density at radius 1 is 1.46 bits per heavy atom. The van der Waals surface area contributed by atoms with E-state index in [9.17, 15) is 9.59 Å². The molecule has 1 aliphatic carbocycles. The zero-order valence-electron chi connectivity index (χ0n) is 14.0. The van der Waals surface area contributed by atoms with E-state index in [1.807, 2.05) is 4.90 Å². The lowest BCUT2D eigenvalue weighted by Crippen LogP contribution is -2.53. The average Bonchev–Trinajstić information content (AvgIpc) is 3.16. The van der Waals surface area contributed by atoms with Crippen molar-refractivity contribution in [1.29, 1.82) is 0 Å². The highest BCUT2D eigenvalue weighted by atomic mass is 16.5. The second kappa shape index (κ2) is 6.52. The van der Waals surface area contributed by atoms with Gasteiger partial charge in [0.15, 0.2) is 5.82 Å². The van der Waals surface area contributed by atoms with Crippen molar-refractivity contribution in [2.45, 2.75) is 43.4 Å². The van der Waals surface area contributed by atoms with E-state index in [1.165, 1.54) is 0 Å². The molecule has 1 amide bonds. The molecule has 132 valence electrons. The highest BCUT2D eigenvalue weighted by Crippen LogP contribution is 2.43. The standard InChI is InChI=1S/C16H23N3O5/c1-18-8-6-17-14(18)15(22)19-7-5-16(23-2)4-3-11(9-12(16)19)24-10-13(20)21/h6,8,11-12H,3-5,7,9-10H2,1-2H3,(H,20,21)/t11-,12-,16+/m0/s1. The predicted octanol–water partition coefficient (Wildman–Crippen LogP) is 0.673. The van der Waals surface area contributed by atoms with Crippen LogP contribution < -0.4 is 0 Å². The van der Waals surface area contributed by atoms with Gasteiger partial charge in [-0.05, 0) is 25.7 Å². The van der Waals surface area contributed by atoms with Crippen molar-refractivity contribution in [2.24, 2.45) is 7.05 Å². The van der Waals surface area contributed by atoms with Crippen LogP contribution in [-0.2, 0) is 21.3 Å². The number of aryl methyl sites for hydroxylation is 1. The second-order valence-electron chi connectivity index (χ2n) is 6.50. The zero-order chi connectivity index (χ0) is 17.3. The summed E-state index contributed by atoms with van der Waals surface area (Å²) in [7, 11) is 3.47. The van der Waals surface area contributed by atoms with E-state index < -0.39 is 5.97 Å². The SMILES string of the molecule is CO[C@@]12CC[C@H](OCC(=O)O)C[C@@H]1N(C(=O)c1nccn1C)CC2. The Balaban J connectivity index is 1.78. The molecule has 8 nitrogen and oxygen atoms in total. The van der Waals surface area contributed by atoms with Crippen molar-refractivity contribution in [1.82, 2.24) is 14.5 Å². The van der Waals surface area contributed by atoms with E-state index in [0.717, 1.165) is 19.3 Å². The first-order valence-corrected chi connectivity index (χ1v) is 8.13. The number of hydrogen-bond acceptors (Lipinski definition) is 5. The average molecular weight is 337 g/mol. The monoisotopic (exact) mass is 337 g/mol. The van der Waals surface area contributed by atoms with Crippen molar-refractivity contribution >= 4 is 11.9 Å². The van der Waals surface area contributed by atoms with Gasteiger partial charge in [0.1, 0.15) is 6.61 Å². The van der Waals surface area contributed by atoms with Crippen LogP contribution in [0.15, 0.2) is 12.4 Å². The number of ether oxygens (including phenoxy) is 2. The lowest BCUT2D eigenvalue weighted by molar-refractivity contribution is -0.148. The molecule has 2 aliphatic rings. The number of rotatable bonds is 5. The van der Waals surface area contributed by atoms with Gasteiger partial charge < -0.3 is 24.0 Å². The number of amides is 1. The van der Waals surface area contributed by atoms with Crippen LogP contribution in [0.3, 0.4) is 0 Å². The minimum Gasteiger partial charge on any atom is -0.480 e. The number of aromatic nitrogens is 2. The van der Waals surface area contributed by atoms with Crippen LogP contribution in [-0.4, -0.2) is 69.4 Å².